The zero-order chi connectivity index (χ0) is 11.3. The van der Waals surface area contributed by atoms with Gasteiger partial charge in [0.1, 0.15) is 0 Å². The van der Waals surface area contributed by atoms with E-state index in [1.807, 2.05) is 6.92 Å². The Morgan fingerprint density at radius 3 is 2.93 bits per heavy atom. The first kappa shape index (κ1) is 12.5. The zero-order valence-corrected chi connectivity index (χ0v) is 9.62. The van der Waals surface area contributed by atoms with Crippen LogP contribution >= 0.6 is 0 Å². The van der Waals surface area contributed by atoms with Gasteiger partial charge >= 0.3 is 0 Å². The van der Waals surface area contributed by atoms with Crippen LogP contribution in [0.4, 0.5) is 0 Å². The molecule has 3 unspecified atom stereocenters. The Balaban J connectivity index is 2.23. The topological polar surface area (TPSA) is 61.4 Å². The molecule has 15 heavy (non-hydrogen) atoms. The third-order valence-corrected chi connectivity index (χ3v) is 2.95. The molecular weight excluding hydrogens is 192 g/mol. The van der Waals surface area contributed by atoms with Gasteiger partial charge in [-0.25, -0.2) is 0 Å². The highest BCUT2D eigenvalue weighted by atomic mass is 16.3. The molecular formula is C11H22N2O2. The summed E-state index contributed by atoms with van der Waals surface area (Å²) < 4.78 is 0. The first-order chi connectivity index (χ1) is 7.15. The molecule has 0 spiro atoms. The van der Waals surface area contributed by atoms with E-state index in [9.17, 15) is 9.90 Å². The predicted octanol–water partition coefficient (Wildman–Crippen LogP) is 0.262. The molecule has 0 saturated carbocycles. The lowest BCUT2D eigenvalue weighted by molar-refractivity contribution is -0.124. The standard InChI is InChI=1S/C11H22N2O2/c1-3-4-9(14)7-13-11(15)10-8(2)5-6-12-10/h8-10,12,14H,3-7H2,1-2H3,(H,13,15). The van der Waals surface area contributed by atoms with Crippen molar-refractivity contribution < 1.29 is 9.90 Å². The Labute approximate surface area is 91.4 Å². The van der Waals surface area contributed by atoms with Gasteiger partial charge in [-0.05, 0) is 25.3 Å². The van der Waals surface area contributed by atoms with Crippen LogP contribution in [0.1, 0.15) is 33.1 Å². The molecule has 1 fully saturated rings. The summed E-state index contributed by atoms with van der Waals surface area (Å²) in [7, 11) is 0. The van der Waals surface area contributed by atoms with Gasteiger partial charge in [0.25, 0.3) is 0 Å². The van der Waals surface area contributed by atoms with Crippen molar-refractivity contribution in [3.8, 4) is 0 Å². The molecule has 0 aromatic rings. The van der Waals surface area contributed by atoms with Gasteiger partial charge in [-0.1, -0.05) is 20.3 Å². The number of aliphatic hydroxyl groups excluding tert-OH is 1. The van der Waals surface area contributed by atoms with E-state index >= 15 is 0 Å². The molecule has 3 N–H and O–H groups in total. The normalized spacial score (nSPS) is 27.7. The summed E-state index contributed by atoms with van der Waals surface area (Å²) in [6, 6.07) is -0.0705. The van der Waals surface area contributed by atoms with E-state index in [4.69, 9.17) is 0 Å². The lowest BCUT2D eigenvalue weighted by Crippen LogP contribution is -2.45. The minimum atomic E-state index is -0.407. The van der Waals surface area contributed by atoms with Crippen LogP contribution in [-0.2, 0) is 4.79 Å². The van der Waals surface area contributed by atoms with E-state index in [2.05, 4.69) is 17.6 Å². The quantitative estimate of drug-likeness (QED) is 0.615. The van der Waals surface area contributed by atoms with E-state index in [-0.39, 0.29) is 11.9 Å². The number of carbonyl (C=O) groups excluding carboxylic acids is 1. The third kappa shape index (κ3) is 3.80. The minimum Gasteiger partial charge on any atom is -0.391 e. The molecule has 4 nitrogen and oxygen atoms in total. The molecule has 1 aliphatic rings. The van der Waals surface area contributed by atoms with Crippen LogP contribution in [0.25, 0.3) is 0 Å². The largest absolute Gasteiger partial charge is 0.391 e. The number of aliphatic hydroxyl groups is 1. The highest BCUT2D eigenvalue weighted by Crippen LogP contribution is 2.14. The number of hydrogen-bond acceptors (Lipinski definition) is 3. The van der Waals surface area contributed by atoms with Crippen LogP contribution in [-0.4, -0.2) is 36.2 Å². The average Bonchev–Trinajstić information content (AvgIpc) is 2.61. The first-order valence-corrected chi connectivity index (χ1v) is 5.84. The summed E-state index contributed by atoms with van der Waals surface area (Å²) >= 11 is 0. The lowest BCUT2D eigenvalue weighted by Gasteiger charge is -2.17. The minimum absolute atomic E-state index is 0.0233. The molecule has 0 aromatic heterocycles. The summed E-state index contributed by atoms with van der Waals surface area (Å²) in [6.07, 6.45) is 2.33. The SMILES string of the molecule is CCCC(O)CNC(=O)C1NCCC1C. The maximum Gasteiger partial charge on any atom is 0.237 e. The third-order valence-electron chi connectivity index (χ3n) is 2.95. The van der Waals surface area contributed by atoms with Gasteiger partial charge in [-0.15, -0.1) is 0 Å². The molecule has 1 heterocycles. The summed E-state index contributed by atoms with van der Waals surface area (Å²) in [5, 5.41) is 15.4. The predicted molar refractivity (Wildman–Crippen MR) is 59.5 cm³/mol. The Hall–Kier alpha value is -0.610. The molecule has 0 bridgehead atoms. The van der Waals surface area contributed by atoms with Crippen LogP contribution in [0.15, 0.2) is 0 Å². The van der Waals surface area contributed by atoms with Crippen LogP contribution in [0.2, 0.25) is 0 Å². The van der Waals surface area contributed by atoms with Crippen molar-refractivity contribution in [3.63, 3.8) is 0 Å². The van der Waals surface area contributed by atoms with Gasteiger partial charge in [0.15, 0.2) is 0 Å². The number of amides is 1. The molecule has 1 saturated heterocycles. The number of nitrogens with one attached hydrogen (secondary N) is 2. The van der Waals surface area contributed by atoms with Crippen LogP contribution in [0, 0.1) is 5.92 Å². The molecule has 88 valence electrons. The van der Waals surface area contributed by atoms with Crippen molar-refractivity contribution in [2.24, 2.45) is 5.92 Å². The van der Waals surface area contributed by atoms with Gasteiger partial charge in [0.2, 0.25) is 5.91 Å². The van der Waals surface area contributed by atoms with E-state index in [0.29, 0.717) is 12.5 Å². The molecule has 1 aliphatic heterocycles. The van der Waals surface area contributed by atoms with Gasteiger partial charge in [0.05, 0.1) is 12.1 Å². The Morgan fingerprint density at radius 1 is 1.67 bits per heavy atom. The Bertz CT molecular complexity index is 209. The zero-order valence-electron chi connectivity index (χ0n) is 9.62. The second-order valence-corrected chi connectivity index (χ2v) is 4.39. The van der Waals surface area contributed by atoms with Gasteiger partial charge in [0, 0.05) is 6.54 Å². The molecule has 0 aromatic carbocycles. The second-order valence-electron chi connectivity index (χ2n) is 4.39. The molecule has 3 atom stereocenters. The van der Waals surface area contributed by atoms with E-state index < -0.39 is 6.10 Å². The highest BCUT2D eigenvalue weighted by Gasteiger charge is 2.28. The highest BCUT2D eigenvalue weighted by molar-refractivity contribution is 5.82. The van der Waals surface area contributed by atoms with Gasteiger partial charge < -0.3 is 15.7 Å². The van der Waals surface area contributed by atoms with Crippen molar-refractivity contribution in [1.82, 2.24) is 10.6 Å². The average molecular weight is 214 g/mol. The summed E-state index contributed by atoms with van der Waals surface area (Å²) in [6.45, 7) is 5.38. The van der Waals surface area contributed by atoms with Gasteiger partial charge in [-0.3, -0.25) is 4.79 Å². The maximum atomic E-state index is 11.7. The van der Waals surface area contributed by atoms with Crippen molar-refractivity contribution in [2.45, 2.75) is 45.3 Å². The molecule has 0 radical (unpaired) electrons. The Morgan fingerprint density at radius 2 is 2.40 bits per heavy atom. The van der Waals surface area contributed by atoms with Crippen LogP contribution in [0.5, 0.6) is 0 Å². The fourth-order valence-electron chi connectivity index (χ4n) is 1.95. The van der Waals surface area contributed by atoms with Crippen molar-refractivity contribution in [2.75, 3.05) is 13.1 Å². The Kier molecular flexibility index (Phi) is 5.05. The second kappa shape index (κ2) is 6.08. The smallest absolute Gasteiger partial charge is 0.237 e. The molecule has 1 amide bonds. The van der Waals surface area contributed by atoms with Crippen molar-refractivity contribution in [3.05, 3.63) is 0 Å². The number of carbonyl (C=O) groups is 1. The number of rotatable bonds is 5. The summed E-state index contributed by atoms with van der Waals surface area (Å²) in [5.41, 5.74) is 0. The fraction of sp³-hybridized carbons (Fsp3) is 0.909. The number of hydrogen-bond donors (Lipinski definition) is 3. The monoisotopic (exact) mass is 214 g/mol. The fourth-order valence-corrected chi connectivity index (χ4v) is 1.95. The van der Waals surface area contributed by atoms with E-state index in [0.717, 1.165) is 25.8 Å². The van der Waals surface area contributed by atoms with Gasteiger partial charge in [-0.2, -0.15) is 0 Å². The van der Waals surface area contributed by atoms with Crippen LogP contribution in [0.3, 0.4) is 0 Å². The maximum absolute atomic E-state index is 11.7. The van der Waals surface area contributed by atoms with Crippen LogP contribution < -0.4 is 10.6 Å². The summed E-state index contributed by atoms with van der Waals surface area (Å²) in [5.74, 6) is 0.420. The van der Waals surface area contributed by atoms with Crippen molar-refractivity contribution in [1.29, 1.82) is 0 Å². The molecule has 4 heteroatoms. The lowest BCUT2D eigenvalue weighted by atomic mass is 10.0. The molecule has 0 aliphatic carbocycles. The van der Waals surface area contributed by atoms with E-state index in [1.54, 1.807) is 0 Å². The van der Waals surface area contributed by atoms with Crippen molar-refractivity contribution >= 4 is 5.91 Å². The molecule has 1 rings (SSSR count). The first-order valence-electron chi connectivity index (χ1n) is 5.84. The van der Waals surface area contributed by atoms with E-state index in [1.165, 1.54) is 0 Å². The summed E-state index contributed by atoms with van der Waals surface area (Å²) in [4.78, 5) is 11.7.